The van der Waals surface area contributed by atoms with Crippen LogP contribution < -0.4 is 0 Å². The fourth-order valence-electron chi connectivity index (χ4n) is 0. The summed E-state index contributed by atoms with van der Waals surface area (Å²) < 4.78 is 13.2. The van der Waals surface area contributed by atoms with Crippen LogP contribution in [0.5, 0.6) is 0 Å². The first kappa shape index (κ1) is 13.6. The molecule has 3 N–H and O–H groups in total. The number of rotatable bonds is 1. The van der Waals surface area contributed by atoms with Gasteiger partial charge in [0.25, 0.3) is 0 Å². The van der Waals surface area contributed by atoms with E-state index < -0.39 is 13.9 Å². The lowest BCUT2D eigenvalue weighted by Gasteiger charge is -1.88. The van der Waals surface area contributed by atoms with Crippen molar-refractivity contribution in [1.82, 2.24) is 0 Å². The van der Waals surface area contributed by atoms with Crippen LogP contribution in [0.1, 0.15) is 0 Å². The summed E-state index contributed by atoms with van der Waals surface area (Å²) >= 11 is 7.07. The molecule has 0 heterocycles. The van der Waals surface area contributed by atoms with Crippen molar-refractivity contribution in [2.24, 2.45) is 0 Å². The highest BCUT2D eigenvalue weighted by Gasteiger charge is 1.90. The van der Waals surface area contributed by atoms with Crippen molar-refractivity contribution in [2.75, 3.05) is 7.11 Å². The van der Waals surface area contributed by atoms with Gasteiger partial charge in [-0.2, -0.15) is 0 Å². The fourth-order valence-corrected chi connectivity index (χ4v) is 0. The molecule has 0 aromatic carbocycles. The summed E-state index contributed by atoms with van der Waals surface area (Å²) in [6, 6.07) is 0. The molecule has 0 aromatic heterocycles. The van der Waals surface area contributed by atoms with Crippen LogP contribution in [0.2, 0.25) is 0 Å². The standard InChI is InChI=1S/CH5O3P.H3O2PS2/c1-4-5(2)3;1-3(2,4)5/h5H,1H3,(H,2,3);(H3,1,2,4,5). The third kappa shape index (κ3) is 62.7. The second kappa shape index (κ2) is 6.76. The molecule has 0 aliphatic carbocycles. The molecule has 0 aliphatic heterocycles. The quantitative estimate of drug-likeness (QED) is 0.376. The molecule has 0 aliphatic rings. The molecule has 0 aromatic rings. The normalized spacial score (nSPS) is 13.3. The van der Waals surface area contributed by atoms with E-state index in [4.69, 9.17) is 14.7 Å². The van der Waals surface area contributed by atoms with E-state index in [1.54, 1.807) is 0 Å². The van der Waals surface area contributed by atoms with E-state index in [1.807, 2.05) is 0 Å². The highest BCUT2D eigenvalue weighted by Crippen LogP contribution is 2.39. The van der Waals surface area contributed by atoms with E-state index >= 15 is 0 Å². The zero-order chi connectivity index (χ0) is 8.78. The van der Waals surface area contributed by atoms with Crippen LogP contribution in [0, 0.1) is 0 Å². The lowest BCUT2D eigenvalue weighted by Crippen LogP contribution is -1.57. The fraction of sp³-hybridized carbons (Fsp3) is 1.00. The van der Waals surface area contributed by atoms with Crippen LogP contribution in [0.25, 0.3) is 0 Å². The average molecular weight is 226 g/mol. The van der Waals surface area contributed by atoms with E-state index in [-0.39, 0.29) is 0 Å². The van der Waals surface area contributed by atoms with Crippen LogP contribution in [-0.4, -0.2) is 21.8 Å². The Bertz CT molecular complexity index is 132. The molecule has 0 amide bonds. The predicted octanol–water partition coefficient (Wildman–Crippen LogP) is 0.140. The monoisotopic (exact) mass is 226 g/mol. The summed E-state index contributed by atoms with van der Waals surface area (Å²) in [5, 5.41) is 0. The highest BCUT2D eigenvalue weighted by atomic mass is 32.9. The summed E-state index contributed by atoms with van der Waals surface area (Å²) in [7, 11) is -1.44. The molecule has 0 saturated heterocycles. The van der Waals surface area contributed by atoms with Gasteiger partial charge in [0.15, 0.2) is 0 Å². The maximum atomic E-state index is 9.33. The Morgan fingerprint density at radius 1 is 1.70 bits per heavy atom. The van der Waals surface area contributed by atoms with E-state index in [1.165, 1.54) is 7.11 Å². The van der Waals surface area contributed by atoms with Crippen molar-refractivity contribution in [3.8, 4) is 0 Å². The molecule has 0 fully saturated rings. The van der Waals surface area contributed by atoms with Crippen LogP contribution in [0.4, 0.5) is 0 Å². The molecule has 0 spiro atoms. The van der Waals surface area contributed by atoms with Gasteiger partial charge in [-0.05, 0) is 11.8 Å². The van der Waals surface area contributed by atoms with Crippen LogP contribution in [0.3, 0.4) is 0 Å². The maximum absolute atomic E-state index is 9.33. The van der Waals surface area contributed by atoms with Crippen molar-refractivity contribution in [2.45, 2.75) is 0 Å². The first-order chi connectivity index (χ1) is 4.27. The zero-order valence-corrected chi connectivity index (χ0v) is 8.57. The van der Waals surface area contributed by atoms with Crippen LogP contribution >= 0.6 is 26.2 Å². The molecular formula is CH8O5P2S2. The van der Waals surface area contributed by atoms with Gasteiger partial charge in [0, 0.05) is 7.11 Å². The van der Waals surface area contributed by atoms with Gasteiger partial charge >= 0.3 is 8.25 Å². The van der Waals surface area contributed by atoms with E-state index in [0.29, 0.717) is 0 Å². The van der Waals surface area contributed by atoms with Gasteiger partial charge in [0.2, 0.25) is 5.69 Å². The summed E-state index contributed by atoms with van der Waals surface area (Å²) in [5.74, 6) is 0. The molecule has 10 heavy (non-hydrogen) atoms. The summed E-state index contributed by atoms with van der Waals surface area (Å²) in [4.78, 5) is 23.4. The highest BCUT2D eigenvalue weighted by molar-refractivity contribution is 8.59. The van der Waals surface area contributed by atoms with Crippen molar-refractivity contribution in [1.29, 1.82) is 0 Å². The van der Waals surface area contributed by atoms with Gasteiger partial charge in [-0.15, -0.1) is 0 Å². The van der Waals surface area contributed by atoms with E-state index in [9.17, 15) is 4.57 Å². The van der Waals surface area contributed by atoms with Crippen LogP contribution in [0.15, 0.2) is 0 Å². The second-order valence-electron chi connectivity index (χ2n) is 0.983. The Balaban J connectivity index is 0. The maximum Gasteiger partial charge on any atom is 0.316 e. The first-order valence-corrected chi connectivity index (χ1v) is 6.95. The van der Waals surface area contributed by atoms with Gasteiger partial charge in [-0.25, -0.2) is 0 Å². The lowest BCUT2D eigenvalue weighted by atomic mass is 11.8. The summed E-state index contributed by atoms with van der Waals surface area (Å²) in [5.41, 5.74) is -3.11. The third-order valence-corrected chi connectivity index (χ3v) is 0.524. The van der Waals surface area contributed by atoms with Crippen molar-refractivity contribution >= 4 is 38.0 Å². The minimum Gasteiger partial charge on any atom is -0.338 e. The third-order valence-electron chi connectivity index (χ3n) is 0.175. The topological polar surface area (TPSA) is 87.0 Å². The van der Waals surface area contributed by atoms with Crippen LogP contribution in [-0.2, 0) is 20.9 Å². The molecule has 5 nitrogen and oxygen atoms in total. The molecule has 0 rings (SSSR count). The number of thiol groups is 1. The van der Waals surface area contributed by atoms with Crippen molar-refractivity contribution in [3.63, 3.8) is 0 Å². The molecule has 1 atom stereocenters. The average Bonchev–Trinajstić information content (AvgIpc) is 1.61. The number of hydrogen-bond acceptors (Lipinski definition) is 3. The molecule has 64 valence electrons. The molecule has 0 bridgehead atoms. The lowest BCUT2D eigenvalue weighted by molar-refractivity contribution is 0.343. The Hall–Kier alpha value is 1.07. The first-order valence-electron chi connectivity index (χ1n) is 1.82. The second-order valence-corrected chi connectivity index (χ2v) is 6.96. The largest absolute Gasteiger partial charge is 0.338 e. The van der Waals surface area contributed by atoms with Gasteiger partial charge in [-0.1, -0.05) is 12.2 Å². The molecule has 0 saturated carbocycles. The molecule has 1 unspecified atom stereocenters. The van der Waals surface area contributed by atoms with Crippen molar-refractivity contribution < 1.29 is 23.8 Å². The predicted molar refractivity (Wildman–Crippen MR) is 45.9 cm³/mol. The Labute approximate surface area is 69.3 Å². The SMILES string of the molecule is CO[PH](=O)O.OP(O)(=S)S. The van der Waals surface area contributed by atoms with E-state index in [0.717, 1.165) is 0 Å². The Kier molecular flexibility index (Phi) is 9.22. The van der Waals surface area contributed by atoms with Gasteiger partial charge in [0.1, 0.15) is 0 Å². The minimum atomic E-state index is -3.11. The zero-order valence-electron chi connectivity index (χ0n) is 4.96. The molecular weight excluding hydrogens is 218 g/mol. The molecule has 0 radical (unpaired) electrons. The van der Waals surface area contributed by atoms with Crippen molar-refractivity contribution in [3.05, 3.63) is 0 Å². The summed E-state index contributed by atoms with van der Waals surface area (Å²) in [6.45, 7) is 0. The van der Waals surface area contributed by atoms with Gasteiger partial charge in [0.05, 0.1) is 0 Å². The minimum absolute atomic E-state index is 1.18. The smallest absolute Gasteiger partial charge is 0.316 e. The van der Waals surface area contributed by atoms with Gasteiger partial charge < -0.3 is 19.2 Å². The Morgan fingerprint density at radius 2 is 1.80 bits per heavy atom. The molecule has 9 heteroatoms. The Morgan fingerprint density at radius 3 is 1.80 bits per heavy atom. The number of hydrogen-bond donors (Lipinski definition) is 4. The summed E-state index contributed by atoms with van der Waals surface area (Å²) in [6.07, 6.45) is 0. The van der Waals surface area contributed by atoms with Gasteiger partial charge in [-0.3, -0.25) is 4.57 Å². The van der Waals surface area contributed by atoms with E-state index in [2.05, 4.69) is 28.6 Å².